The molecule has 0 unspecified atom stereocenters. The van der Waals surface area contributed by atoms with Gasteiger partial charge in [0, 0.05) is 23.9 Å². The summed E-state index contributed by atoms with van der Waals surface area (Å²) in [6.45, 7) is 2.63. The third-order valence-electron chi connectivity index (χ3n) is 3.83. The fourth-order valence-electron chi connectivity index (χ4n) is 2.55. The fourth-order valence-corrected chi connectivity index (χ4v) is 2.55. The van der Waals surface area contributed by atoms with E-state index in [4.69, 9.17) is 5.73 Å². The maximum absolute atomic E-state index is 9.57. The van der Waals surface area contributed by atoms with E-state index in [0.717, 1.165) is 31.4 Å². The van der Waals surface area contributed by atoms with E-state index in [1.165, 1.54) is 5.56 Å². The number of rotatable bonds is 2. The molecule has 1 fully saturated rings. The molecular weight excluding hydrogens is 200 g/mol. The first kappa shape index (κ1) is 11.6. The Kier molecular flexibility index (Phi) is 3.26. The van der Waals surface area contributed by atoms with Crippen LogP contribution in [-0.2, 0) is 5.41 Å². The summed E-state index contributed by atoms with van der Waals surface area (Å²) in [7, 11) is 0. The van der Waals surface area contributed by atoms with Crippen molar-refractivity contribution in [2.45, 2.75) is 44.1 Å². The normalized spacial score (nSPS) is 30.3. The van der Waals surface area contributed by atoms with Gasteiger partial charge in [0.2, 0.25) is 0 Å². The first-order valence-corrected chi connectivity index (χ1v) is 5.97. The summed E-state index contributed by atoms with van der Waals surface area (Å²) in [4.78, 5) is 4.35. The lowest BCUT2D eigenvalue weighted by atomic mass is 9.69. The molecule has 1 aliphatic carbocycles. The molecule has 0 aliphatic heterocycles. The van der Waals surface area contributed by atoms with E-state index < -0.39 is 0 Å². The SMILES string of the molecule is Cc1ccc(C2(CN)CCC(O)CC2)cn1. The topological polar surface area (TPSA) is 59.1 Å². The minimum Gasteiger partial charge on any atom is -0.393 e. The maximum Gasteiger partial charge on any atom is 0.0541 e. The highest BCUT2D eigenvalue weighted by Crippen LogP contribution is 2.38. The Bertz CT molecular complexity index is 339. The van der Waals surface area contributed by atoms with Crippen molar-refractivity contribution in [2.75, 3.05) is 6.54 Å². The third kappa shape index (κ3) is 2.11. The largest absolute Gasteiger partial charge is 0.393 e. The van der Waals surface area contributed by atoms with E-state index in [-0.39, 0.29) is 11.5 Å². The summed E-state index contributed by atoms with van der Waals surface area (Å²) in [6, 6.07) is 4.17. The van der Waals surface area contributed by atoms with Crippen molar-refractivity contribution in [1.82, 2.24) is 4.98 Å². The number of nitrogens with two attached hydrogens (primary N) is 1. The molecule has 1 aromatic heterocycles. The van der Waals surface area contributed by atoms with E-state index in [0.29, 0.717) is 6.54 Å². The van der Waals surface area contributed by atoms with Gasteiger partial charge in [0.25, 0.3) is 0 Å². The van der Waals surface area contributed by atoms with E-state index in [1.54, 1.807) is 0 Å². The number of aliphatic hydroxyl groups excluding tert-OH is 1. The van der Waals surface area contributed by atoms with Crippen LogP contribution in [0.1, 0.15) is 36.9 Å². The standard InChI is InChI=1S/C13H20N2O/c1-10-2-3-11(8-15-10)13(9-14)6-4-12(16)5-7-13/h2-3,8,12,16H,4-7,9,14H2,1H3. The molecule has 0 aromatic carbocycles. The average molecular weight is 220 g/mol. The highest BCUT2D eigenvalue weighted by atomic mass is 16.3. The van der Waals surface area contributed by atoms with E-state index >= 15 is 0 Å². The van der Waals surface area contributed by atoms with Crippen LogP contribution in [0.2, 0.25) is 0 Å². The van der Waals surface area contributed by atoms with Crippen LogP contribution >= 0.6 is 0 Å². The van der Waals surface area contributed by atoms with Crippen LogP contribution in [0.5, 0.6) is 0 Å². The van der Waals surface area contributed by atoms with Crippen LogP contribution in [0.15, 0.2) is 18.3 Å². The van der Waals surface area contributed by atoms with Crippen molar-refractivity contribution < 1.29 is 5.11 Å². The van der Waals surface area contributed by atoms with Crippen LogP contribution in [0.3, 0.4) is 0 Å². The van der Waals surface area contributed by atoms with Gasteiger partial charge < -0.3 is 10.8 Å². The van der Waals surface area contributed by atoms with Crippen LogP contribution in [0.25, 0.3) is 0 Å². The lowest BCUT2D eigenvalue weighted by molar-refractivity contribution is 0.0973. The Morgan fingerprint density at radius 1 is 1.44 bits per heavy atom. The molecule has 0 atom stereocenters. The monoisotopic (exact) mass is 220 g/mol. The molecule has 0 bridgehead atoms. The molecule has 1 aliphatic rings. The molecule has 0 spiro atoms. The Labute approximate surface area is 96.7 Å². The van der Waals surface area contributed by atoms with Crippen molar-refractivity contribution in [3.63, 3.8) is 0 Å². The minimum atomic E-state index is -0.141. The van der Waals surface area contributed by atoms with Crippen LogP contribution < -0.4 is 5.73 Å². The molecule has 3 nitrogen and oxygen atoms in total. The van der Waals surface area contributed by atoms with E-state index in [9.17, 15) is 5.11 Å². The van der Waals surface area contributed by atoms with Gasteiger partial charge in [-0.2, -0.15) is 0 Å². The second-order valence-electron chi connectivity index (χ2n) is 4.90. The van der Waals surface area contributed by atoms with Gasteiger partial charge in [-0.3, -0.25) is 4.98 Å². The summed E-state index contributed by atoms with van der Waals surface area (Å²) in [6.07, 6.45) is 5.44. The molecule has 1 saturated carbocycles. The number of hydrogen-bond donors (Lipinski definition) is 2. The average Bonchev–Trinajstić information content (AvgIpc) is 2.32. The minimum absolute atomic E-state index is 0.0416. The number of aliphatic hydroxyl groups is 1. The van der Waals surface area contributed by atoms with E-state index in [2.05, 4.69) is 11.1 Å². The van der Waals surface area contributed by atoms with Gasteiger partial charge in [-0.15, -0.1) is 0 Å². The van der Waals surface area contributed by atoms with Crippen LogP contribution in [0.4, 0.5) is 0 Å². The van der Waals surface area contributed by atoms with Crippen LogP contribution in [0, 0.1) is 6.92 Å². The zero-order chi connectivity index (χ0) is 11.6. The first-order chi connectivity index (χ1) is 7.66. The molecular formula is C13H20N2O. The molecule has 2 rings (SSSR count). The second-order valence-corrected chi connectivity index (χ2v) is 4.90. The second kappa shape index (κ2) is 4.52. The highest BCUT2D eigenvalue weighted by molar-refractivity contribution is 5.25. The van der Waals surface area contributed by atoms with Gasteiger partial charge >= 0.3 is 0 Å². The summed E-state index contributed by atoms with van der Waals surface area (Å²) in [5.74, 6) is 0. The smallest absolute Gasteiger partial charge is 0.0541 e. The lowest BCUT2D eigenvalue weighted by Crippen LogP contribution is -2.40. The molecule has 88 valence electrons. The zero-order valence-corrected chi connectivity index (χ0v) is 9.82. The molecule has 3 heteroatoms. The van der Waals surface area contributed by atoms with Gasteiger partial charge in [-0.25, -0.2) is 0 Å². The summed E-state index contributed by atoms with van der Waals surface area (Å²) in [5, 5.41) is 9.57. The summed E-state index contributed by atoms with van der Waals surface area (Å²) in [5.41, 5.74) is 8.25. The van der Waals surface area contributed by atoms with Crippen molar-refractivity contribution in [3.05, 3.63) is 29.6 Å². The van der Waals surface area contributed by atoms with Gasteiger partial charge in [-0.1, -0.05) is 6.07 Å². The Balaban J connectivity index is 2.24. The number of aryl methyl sites for hydroxylation is 1. The molecule has 16 heavy (non-hydrogen) atoms. The highest BCUT2D eigenvalue weighted by Gasteiger charge is 2.35. The molecule has 0 radical (unpaired) electrons. The van der Waals surface area contributed by atoms with Crippen molar-refractivity contribution >= 4 is 0 Å². The lowest BCUT2D eigenvalue weighted by Gasteiger charge is -2.38. The molecule has 1 heterocycles. The number of nitrogens with zero attached hydrogens (tertiary/aromatic N) is 1. The number of aromatic nitrogens is 1. The van der Waals surface area contributed by atoms with Gasteiger partial charge in [0.05, 0.1) is 6.10 Å². The van der Waals surface area contributed by atoms with E-state index in [1.807, 2.05) is 19.2 Å². The molecule has 0 saturated heterocycles. The van der Waals surface area contributed by atoms with Crippen molar-refractivity contribution in [2.24, 2.45) is 5.73 Å². The first-order valence-electron chi connectivity index (χ1n) is 5.97. The Hall–Kier alpha value is -0.930. The quantitative estimate of drug-likeness (QED) is 0.794. The van der Waals surface area contributed by atoms with Crippen molar-refractivity contribution in [1.29, 1.82) is 0 Å². The van der Waals surface area contributed by atoms with Gasteiger partial charge in [0.15, 0.2) is 0 Å². The zero-order valence-electron chi connectivity index (χ0n) is 9.82. The van der Waals surface area contributed by atoms with Crippen molar-refractivity contribution in [3.8, 4) is 0 Å². The molecule has 1 aromatic rings. The summed E-state index contributed by atoms with van der Waals surface area (Å²) >= 11 is 0. The number of pyridine rings is 1. The fraction of sp³-hybridized carbons (Fsp3) is 0.615. The Morgan fingerprint density at radius 2 is 2.12 bits per heavy atom. The predicted molar refractivity (Wildman–Crippen MR) is 64.2 cm³/mol. The van der Waals surface area contributed by atoms with Gasteiger partial charge in [-0.05, 0) is 44.2 Å². The van der Waals surface area contributed by atoms with Gasteiger partial charge in [0.1, 0.15) is 0 Å². The third-order valence-corrected chi connectivity index (χ3v) is 3.83. The predicted octanol–water partition coefficient (Wildman–Crippen LogP) is 1.52. The summed E-state index contributed by atoms with van der Waals surface area (Å²) < 4.78 is 0. The molecule has 0 amide bonds. The maximum atomic E-state index is 9.57. The number of hydrogen-bond acceptors (Lipinski definition) is 3. The molecule has 3 N–H and O–H groups in total. The van der Waals surface area contributed by atoms with Crippen LogP contribution in [-0.4, -0.2) is 22.7 Å². The Morgan fingerprint density at radius 3 is 2.62 bits per heavy atom.